The van der Waals surface area contributed by atoms with Crippen LogP contribution in [0.3, 0.4) is 0 Å². The van der Waals surface area contributed by atoms with Gasteiger partial charge in [0.25, 0.3) is 0 Å². The maximum Gasteiger partial charge on any atom is -0.0203 e. The molecular weight excluding hydrogens is 144 g/mol. The second kappa shape index (κ2) is 5.40. The number of rotatable bonds is 0. The summed E-state index contributed by atoms with van der Waals surface area (Å²) >= 11 is 0. The molecule has 0 saturated heterocycles. The van der Waals surface area contributed by atoms with E-state index in [2.05, 4.69) is 6.08 Å². The largest absolute Gasteiger partial charge is 0.0851 e. The van der Waals surface area contributed by atoms with E-state index in [1.54, 1.807) is 5.57 Å². The zero-order valence-electron chi connectivity index (χ0n) is 6.60. The van der Waals surface area contributed by atoms with Gasteiger partial charge in [-0.15, -0.1) is 0 Å². The van der Waals surface area contributed by atoms with E-state index in [1.165, 1.54) is 44.9 Å². The van der Waals surface area contributed by atoms with Gasteiger partial charge >= 0.3 is 0 Å². The van der Waals surface area contributed by atoms with Crippen molar-refractivity contribution >= 4 is 0 Å². The molecule has 1 atom stereocenters. The lowest BCUT2D eigenvalue weighted by Gasteiger charge is -2.28. The van der Waals surface area contributed by atoms with Crippen molar-refractivity contribution in [1.29, 1.82) is 0 Å². The van der Waals surface area contributed by atoms with Crippen LogP contribution >= 0.6 is 0 Å². The van der Waals surface area contributed by atoms with Crippen LogP contribution in [-0.4, -0.2) is 0 Å². The lowest BCUT2D eigenvalue weighted by atomic mass is 9.78. The molecule has 0 N–H and O–H groups in total. The predicted octanol–water partition coefficient (Wildman–Crippen LogP) is 4.56. The quantitative estimate of drug-likeness (QED) is 0.465. The molecule has 1 saturated carbocycles. The molecule has 2 aliphatic rings. The molecule has 0 amide bonds. The van der Waals surface area contributed by atoms with Gasteiger partial charge in [-0.2, -0.15) is 0 Å². The summed E-state index contributed by atoms with van der Waals surface area (Å²) in [5.41, 5.74) is 1.80. The Hall–Kier alpha value is -0.260. The van der Waals surface area contributed by atoms with Crippen molar-refractivity contribution < 1.29 is 0 Å². The molecule has 0 radical (unpaired) electrons. The van der Waals surface area contributed by atoms with Crippen molar-refractivity contribution in [2.45, 2.75) is 59.8 Å². The monoisotopic (exact) mass is 168 g/mol. The van der Waals surface area contributed by atoms with E-state index >= 15 is 0 Å². The van der Waals surface area contributed by atoms with Gasteiger partial charge < -0.3 is 0 Å². The maximum atomic E-state index is 2.51. The minimum Gasteiger partial charge on any atom is -0.0851 e. The third kappa shape index (κ3) is 2.36. The van der Waals surface area contributed by atoms with Crippen LogP contribution in [0.1, 0.15) is 59.8 Å². The fourth-order valence-electron chi connectivity index (χ4n) is 2.36. The zero-order valence-corrected chi connectivity index (χ0v) is 6.60. The van der Waals surface area contributed by atoms with Crippen LogP contribution in [0.25, 0.3) is 0 Å². The van der Waals surface area contributed by atoms with E-state index in [-0.39, 0.29) is 14.9 Å². The lowest BCUT2D eigenvalue weighted by Crippen LogP contribution is -2.12. The Morgan fingerprint density at radius 1 is 1.00 bits per heavy atom. The molecule has 0 spiro atoms. The second-order valence-corrected chi connectivity index (χ2v) is 3.65. The molecule has 12 heavy (non-hydrogen) atoms. The fourth-order valence-corrected chi connectivity index (χ4v) is 2.36. The first kappa shape index (κ1) is 11.7. The van der Waals surface area contributed by atoms with Crippen molar-refractivity contribution in [2.24, 2.45) is 5.92 Å². The Morgan fingerprint density at radius 3 is 2.50 bits per heavy atom. The summed E-state index contributed by atoms with van der Waals surface area (Å²) in [6.45, 7) is 0. The Morgan fingerprint density at radius 2 is 1.75 bits per heavy atom. The van der Waals surface area contributed by atoms with Crippen LogP contribution < -0.4 is 0 Å². The number of fused-ring (bicyclic) bond motifs is 1. The average molecular weight is 168 g/mol. The molecule has 0 heterocycles. The third-order valence-corrected chi connectivity index (χ3v) is 2.96. The van der Waals surface area contributed by atoms with E-state index < -0.39 is 0 Å². The summed E-state index contributed by atoms with van der Waals surface area (Å²) in [4.78, 5) is 0. The standard InChI is InChI=1S/C10H16.2CH4/c1-2-6-10-8-4-3-7-9(10)5-1;;/h5,10H,1-4,6-8H2;2*1H4. The summed E-state index contributed by atoms with van der Waals surface area (Å²) in [5, 5.41) is 0. The SMILES string of the molecule is C.C.C1=C2CCCCC2CCC1. The summed E-state index contributed by atoms with van der Waals surface area (Å²) in [5.74, 6) is 1.02. The first-order valence-electron chi connectivity index (χ1n) is 4.66. The summed E-state index contributed by atoms with van der Waals surface area (Å²) in [6.07, 6.45) is 12.7. The van der Waals surface area contributed by atoms with Crippen molar-refractivity contribution in [3.8, 4) is 0 Å². The number of hydrogen-bond acceptors (Lipinski definition) is 0. The highest BCUT2D eigenvalue weighted by Gasteiger charge is 2.20. The van der Waals surface area contributed by atoms with Gasteiger partial charge in [0, 0.05) is 0 Å². The molecule has 0 aromatic rings. The highest BCUT2D eigenvalue weighted by molar-refractivity contribution is 5.11. The van der Waals surface area contributed by atoms with E-state index in [4.69, 9.17) is 0 Å². The fraction of sp³-hybridized carbons (Fsp3) is 0.833. The highest BCUT2D eigenvalue weighted by atomic mass is 14.3. The van der Waals surface area contributed by atoms with Gasteiger partial charge in [0.1, 0.15) is 0 Å². The lowest BCUT2D eigenvalue weighted by molar-refractivity contribution is 0.402. The Bertz CT molecular complexity index is 144. The van der Waals surface area contributed by atoms with E-state index in [9.17, 15) is 0 Å². The summed E-state index contributed by atoms with van der Waals surface area (Å²) in [7, 11) is 0. The molecule has 72 valence electrons. The molecule has 1 fully saturated rings. The highest BCUT2D eigenvalue weighted by Crippen LogP contribution is 2.36. The third-order valence-electron chi connectivity index (χ3n) is 2.96. The van der Waals surface area contributed by atoms with Gasteiger partial charge in [0.2, 0.25) is 0 Å². The Labute approximate surface area is 78.1 Å². The molecule has 0 bridgehead atoms. The Balaban J connectivity index is 0.000000605. The van der Waals surface area contributed by atoms with Gasteiger partial charge in [-0.3, -0.25) is 0 Å². The molecule has 0 aliphatic heterocycles. The van der Waals surface area contributed by atoms with Crippen LogP contribution in [0.4, 0.5) is 0 Å². The average Bonchev–Trinajstić information content (AvgIpc) is 2.05. The van der Waals surface area contributed by atoms with E-state index in [1.807, 2.05) is 0 Å². The van der Waals surface area contributed by atoms with Crippen molar-refractivity contribution in [2.75, 3.05) is 0 Å². The number of hydrogen-bond donors (Lipinski definition) is 0. The van der Waals surface area contributed by atoms with Gasteiger partial charge in [-0.25, -0.2) is 0 Å². The maximum absolute atomic E-state index is 2.51. The zero-order chi connectivity index (χ0) is 6.81. The van der Waals surface area contributed by atoms with Crippen molar-refractivity contribution in [3.63, 3.8) is 0 Å². The number of allylic oxidation sites excluding steroid dienone is 2. The van der Waals surface area contributed by atoms with Crippen LogP contribution in [0, 0.1) is 5.92 Å². The van der Waals surface area contributed by atoms with Gasteiger partial charge in [0.05, 0.1) is 0 Å². The smallest absolute Gasteiger partial charge is 0.0203 e. The molecule has 0 aromatic heterocycles. The minimum absolute atomic E-state index is 0. The second-order valence-electron chi connectivity index (χ2n) is 3.65. The van der Waals surface area contributed by atoms with Crippen molar-refractivity contribution in [1.82, 2.24) is 0 Å². The van der Waals surface area contributed by atoms with Crippen LogP contribution in [0.5, 0.6) is 0 Å². The molecule has 2 aliphatic carbocycles. The summed E-state index contributed by atoms with van der Waals surface area (Å²) < 4.78 is 0. The van der Waals surface area contributed by atoms with Gasteiger partial charge in [-0.05, 0) is 44.4 Å². The van der Waals surface area contributed by atoms with Crippen LogP contribution in [-0.2, 0) is 0 Å². The van der Waals surface area contributed by atoms with Crippen molar-refractivity contribution in [3.05, 3.63) is 11.6 Å². The molecule has 0 nitrogen and oxygen atoms in total. The first-order chi connectivity index (χ1) is 4.97. The van der Waals surface area contributed by atoms with Gasteiger partial charge in [0.15, 0.2) is 0 Å². The predicted molar refractivity (Wildman–Crippen MR) is 57.4 cm³/mol. The molecule has 0 aromatic carbocycles. The molecule has 0 heteroatoms. The normalized spacial score (nSPS) is 27.3. The minimum atomic E-state index is 0. The van der Waals surface area contributed by atoms with Gasteiger partial charge in [-0.1, -0.05) is 32.9 Å². The topological polar surface area (TPSA) is 0 Å². The van der Waals surface area contributed by atoms with E-state index in [0.29, 0.717) is 0 Å². The molecular formula is C12H24. The van der Waals surface area contributed by atoms with E-state index in [0.717, 1.165) is 5.92 Å². The Kier molecular flexibility index (Phi) is 5.28. The summed E-state index contributed by atoms with van der Waals surface area (Å²) in [6, 6.07) is 0. The molecule has 2 rings (SSSR count). The molecule has 1 unspecified atom stereocenters. The van der Waals surface area contributed by atoms with Crippen LogP contribution in [0.2, 0.25) is 0 Å². The first-order valence-corrected chi connectivity index (χ1v) is 4.66. The van der Waals surface area contributed by atoms with Crippen LogP contribution in [0.15, 0.2) is 11.6 Å².